The second-order valence-corrected chi connectivity index (χ2v) is 9.30. The number of unbranched alkanes of at least 4 members (excludes halogenated alkanes) is 1. The Balaban J connectivity index is 1.65. The first kappa shape index (κ1) is 22.5. The Morgan fingerprint density at radius 2 is 1.91 bits per heavy atom. The van der Waals surface area contributed by atoms with Crippen molar-refractivity contribution in [2.75, 3.05) is 32.5 Å². The van der Waals surface area contributed by atoms with Crippen LogP contribution >= 0.6 is 0 Å². The number of fused-ring (bicyclic) bond motifs is 1. The van der Waals surface area contributed by atoms with Gasteiger partial charge in [0.15, 0.2) is 0 Å². The summed E-state index contributed by atoms with van der Waals surface area (Å²) in [4.78, 5) is 25.2. The van der Waals surface area contributed by atoms with Crippen LogP contribution in [0.25, 0.3) is 11.0 Å². The number of hydrogen-bond donors (Lipinski definition) is 1. The van der Waals surface area contributed by atoms with Crippen molar-refractivity contribution >= 4 is 17.0 Å². The maximum absolute atomic E-state index is 13.6. The van der Waals surface area contributed by atoms with Crippen LogP contribution in [0.1, 0.15) is 61.3 Å². The van der Waals surface area contributed by atoms with E-state index in [1.165, 1.54) is 24.0 Å². The van der Waals surface area contributed by atoms with E-state index >= 15 is 0 Å². The molecule has 32 heavy (non-hydrogen) atoms. The predicted octanol–water partition coefficient (Wildman–Crippen LogP) is 4.56. The minimum atomic E-state index is 0.100. The fourth-order valence-electron chi connectivity index (χ4n) is 4.66. The Labute approximate surface area is 190 Å². The molecule has 0 radical (unpaired) electrons. The van der Waals surface area contributed by atoms with E-state index in [2.05, 4.69) is 48.4 Å². The number of aryl methyl sites for hydroxylation is 1. The van der Waals surface area contributed by atoms with Gasteiger partial charge in [-0.05, 0) is 70.4 Å². The number of nitrogens with zero attached hydrogens (tertiary/aromatic N) is 4. The van der Waals surface area contributed by atoms with Gasteiger partial charge < -0.3 is 10.2 Å². The van der Waals surface area contributed by atoms with Gasteiger partial charge in [-0.1, -0.05) is 37.1 Å². The van der Waals surface area contributed by atoms with E-state index in [9.17, 15) is 4.79 Å². The highest BCUT2D eigenvalue weighted by molar-refractivity contribution is 5.76. The van der Waals surface area contributed by atoms with E-state index < -0.39 is 0 Å². The molecule has 3 aromatic rings. The largest absolute Gasteiger partial charge is 0.354 e. The highest BCUT2D eigenvalue weighted by atomic mass is 16.1. The summed E-state index contributed by atoms with van der Waals surface area (Å²) in [5.74, 6) is 0.611. The zero-order valence-corrected chi connectivity index (χ0v) is 19.6. The van der Waals surface area contributed by atoms with Gasteiger partial charge in [0, 0.05) is 36.2 Å². The molecule has 1 aliphatic rings. The van der Waals surface area contributed by atoms with Gasteiger partial charge in [-0.25, -0.2) is 4.98 Å². The van der Waals surface area contributed by atoms with Crippen molar-refractivity contribution in [3.05, 3.63) is 63.6 Å². The molecule has 6 nitrogen and oxygen atoms in total. The molecule has 0 bridgehead atoms. The summed E-state index contributed by atoms with van der Waals surface area (Å²) >= 11 is 0. The van der Waals surface area contributed by atoms with Gasteiger partial charge in [0.2, 0.25) is 5.95 Å². The minimum Gasteiger partial charge on any atom is -0.354 e. The van der Waals surface area contributed by atoms with E-state index in [0.717, 1.165) is 55.4 Å². The van der Waals surface area contributed by atoms with E-state index in [-0.39, 0.29) is 11.6 Å². The van der Waals surface area contributed by atoms with Gasteiger partial charge in [-0.3, -0.25) is 9.36 Å². The molecule has 170 valence electrons. The predicted molar refractivity (Wildman–Crippen MR) is 132 cm³/mol. The second kappa shape index (κ2) is 10.3. The molecule has 1 saturated carbocycles. The molecule has 4 rings (SSSR count). The Kier molecular flexibility index (Phi) is 7.20. The molecule has 2 aromatic heterocycles. The lowest BCUT2D eigenvalue weighted by atomic mass is 10.0. The van der Waals surface area contributed by atoms with Crippen LogP contribution in [0.2, 0.25) is 0 Å². The lowest BCUT2D eigenvalue weighted by Gasteiger charge is -2.18. The Hall–Kier alpha value is -2.73. The van der Waals surface area contributed by atoms with Gasteiger partial charge >= 0.3 is 0 Å². The van der Waals surface area contributed by atoms with Crippen LogP contribution in [-0.4, -0.2) is 46.6 Å². The Bertz CT molecular complexity index is 1110. The standard InChI is InChI=1S/C26H35N5O/c1-19-10-4-5-11-20(19)16-21-17-22-18-28-26(27-14-8-9-15-30(2)3)29-24(22)31(25(21)32)23-12-6-7-13-23/h4-5,10-11,17-18,23H,6-9,12-16H2,1-3H3,(H,27,28,29). The second-order valence-electron chi connectivity index (χ2n) is 9.30. The summed E-state index contributed by atoms with van der Waals surface area (Å²) < 4.78 is 1.97. The zero-order valence-electron chi connectivity index (χ0n) is 19.6. The van der Waals surface area contributed by atoms with Crippen LogP contribution in [0.3, 0.4) is 0 Å². The molecule has 0 spiro atoms. The number of benzene rings is 1. The first-order valence-electron chi connectivity index (χ1n) is 11.9. The van der Waals surface area contributed by atoms with Crippen LogP contribution in [0.5, 0.6) is 0 Å². The Morgan fingerprint density at radius 1 is 1.12 bits per heavy atom. The van der Waals surface area contributed by atoms with Crippen molar-refractivity contribution in [1.82, 2.24) is 19.4 Å². The number of aromatic nitrogens is 3. The lowest BCUT2D eigenvalue weighted by molar-refractivity contribution is 0.396. The van der Waals surface area contributed by atoms with Crippen LogP contribution in [0.15, 0.2) is 41.3 Å². The average molecular weight is 434 g/mol. The van der Waals surface area contributed by atoms with Gasteiger partial charge in [0.05, 0.1) is 0 Å². The van der Waals surface area contributed by atoms with Gasteiger partial charge in [-0.15, -0.1) is 0 Å². The number of pyridine rings is 1. The van der Waals surface area contributed by atoms with Crippen molar-refractivity contribution in [3.8, 4) is 0 Å². The van der Waals surface area contributed by atoms with Crippen LogP contribution in [0, 0.1) is 6.92 Å². The van der Waals surface area contributed by atoms with Crippen molar-refractivity contribution in [2.24, 2.45) is 0 Å². The third kappa shape index (κ3) is 5.18. The summed E-state index contributed by atoms with van der Waals surface area (Å²) in [6.07, 6.45) is 9.12. The van der Waals surface area contributed by atoms with Gasteiger partial charge in [0.1, 0.15) is 5.65 Å². The number of nitrogens with one attached hydrogen (secondary N) is 1. The molecule has 1 aromatic carbocycles. The lowest BCUT2D eigenvalue weighted by Crippen LogP contribution is -2.28. The van der Waals surface area contributed by atoms with Crippen molar-refractivity contribution in [3.63, 3.8) is 0 Å². The molecular weight excluding hydrogens is 398 g/mol. The van der Waals surface area contributed by atoms with Crippen molar-refractivity contribution in [1.29, 1.82) is 0 Å². The number of hydrogen-bond acceptors (Lipinski definition) is 5. The van der Waals surface area contributed by atoms with Crippen molar-refractivity contribution in [2.45, 2.75) is 57.9 Å². The fraction of sp³-hybridized carbons (Fsp3) is 0.500. The molecule has 0 amide bonds. The highest BCUT2D eigenvalue weighted by Gasteiger charge is 2.23. The average Bonchev–Trinajstić information content (AvgIpc) is 3.30. The van der Waals surface area contributed by atoms with Gasteiger partial charge in [-0.2, -0.15) is 4.98 Å². The molecule has 2 heterocycles. The third-order valence-electron chi connectivity index (χ3n) is 6.49. The van der Waals surface area contributed by atoms with Gasteiger partial charge in [0.25, 0.3) is 5.56 Å². The fourth-order valence-corrected chi connectivity index (χ4v) is 4.66. The Morgan fingerprint density at radius 3 is 2.66 bits per heavy atom. The molecule has 0 aliphatic heterocycles. The van der Waals surface area contributed by atoms with E-state index in [1.54, 1.807) is 0 Å². The highest BCUT2D eigenvalue weighted by Crippen LogP contribution is 2.31. The topological polar surface area (TPSA) is 63.1 Å². The smallest absolute Gasteiger partial charge is 0.256 e. The van der Waals surface area contributed by atoms with E-state index in [4.69, 9.17) is 4.98 Å². The SMILES string of the molecule is Cc1ccccc1Cc1cc2cnc(NCCCCN(C)C)nc2n(C2CCCC2)c1=O. The molecule has 0 atom stereocenters. The zero-order chi connectivity index (χ0) is 22.5. The van der Waals surface area contributed by atoms with E-state index in [0.29, 0.717) is 12.4 Å². The molecule has 0 unspecified atom stereocenters. The first-order chi connectivity index (χ1) is 15.5. The summed E-state index contributed by atoms with van der Waals surface area (Å²) in [7, 11) is 4.19. The van der Waals surface area contributed by atoms with Crippen molar-refractivity contribution < 1.29 is 0 Å². The normalized spacial score (nSPS) is 14.5. The maximum Gasteiger partial charge on any atom is 0.256 e. The molecule has 1 N–H and O–H groups in total. The van der Waals surface area contributed by atoms with Crippen LogP contribution in [-0.2, 0) is 6.42 Å². The molecule has 6 heteroatoms. The molecule has 0 saturated heterocycles. The summed E-state index contributed by atoms with van der Waals surface area (Å²) in [6, 6.07) is 10.5. The molecule has 1 aliphatic carbocycles. The quantitative estimate of drug-likeness (QED) is 0.501. The molecular formula is C26H35N5O. The number of rotatable bonds is 9. The minimum absolute atomic E-state index is 0.100. The summed E-state index contributed by atoms with van der Waals surface area (Å²) in [6.45, 7) is 4.01. The summed E-state index contributed by atoms with van der Waals surface area (Å²) in [5, 5.41) is 4.30. The third-order valence-corrected chi connectivity index (χ3v) is 6.49. The first-order valence-corrected chi connectivity index (χ1v) is 11.9. The monoisotopic (exact) mass is 433 g/mol. The van der Waals surface area contributed by atoms with E-state index in [1.807, 2.05) is 29.0 Å². The summed E-state index contributed by atoms with van der Waals surface area (Å²) in [5.41, 5.74) is 4.10. The number of anilines is 1. The van der Waals surface area contributed by atoms with Crippen LogP contribution in [0.4, 0.5) is 5.95 Å². The van der Waals surface area contributed by atoms with Crippen LogP contribution < -0.4 is 10.9 Å². The maximum atomic E-state index is 13.6. The molecule has 1 fully saturated rings.